The number of nitrogens with zero attached hydrogens (tertiary/aromatic N) is 1. The van der Waals surface area contributed by atoms with E-state index in [1.807, 2.05) is 29.0 Å². The number of aromatic nitrogens is 1. The van der Waals surface area contributed by atoms with E-state index >= 15 is 0 Å². The molecular weight excluding hydrogens is 306 g/mol. The van der Waals surface area contributed by atoms with Crippen molar-refractivity contribution < 1.29 is 27.0 Å². The Hall–Kier alpha value is -1.80. The number of hydrogen-bond donors (Lipinski definition) is 1. The molecule has 6 nitrogen and oxygen atoms in total. The molecule has 1 aliphatic rings. The van der Waals surface area contributed by atoms with E-state index in [1.54, 1.807) is 18.2 Å². The van der Waals surface area contributed by atoms with Gasteiger partial charge in [-0.3, -0.25) is 4.55 Å². The van der Waals surface area contributed by atoms with E-state index in [1.165, 1.54) is 6.07 Å². The smallest absolute Gasteiger partial charge is 0.295 e. The van der Waals surface area contributed by atoms with E-state index < -0.39 is 16.4 Å². The molecule has 3 rings (SSSR count). The highest BCUT2D eigenvalue weighted by Crippen LogP contribution is 2.21. The van der Waals surface area contributed by atoms with Crippen LogP contribution in [0.4, 0.5) is 0 Å². The highest BCUT2D eigenvalue weighted by atomic mass is 32.2. The molecule has 0 aliphatic carbocycles. The maximum atomic E-state index is 11.5. The minimum atomic E-state index is -4.26. The molecule has 2 heterocycles. The molecule has 1 aromatic carbocycles. The minimum absolute atomic E-state index is 0.0921. The Balaban J connectivity index is 1.98. The van der Waals surface area contributed by atoms with Crippen LogP contribution in [0.25, 0.3) is 0 Å². The fourth-order valence-corrected chi connectivity index (χ4v) is 3.16. The maximum Gasteiger partial charge on any atom is 0.295 e. The van der Waals surface area contributed by atoms with E-state index in [0.29, 0.717) is 18.8 Å². The molecule has 1 saturated heterocycles. The molecule has 1 N–H and O–H groups in total. The summed E-state index contributed by atoms with van der Waals surface area (Å²) < 4.78 is 45.2. The van der Waals surface area contributed by atoms with Gasteiger partial charge in [0.15, 0.2) is 12.7 Å². The van der Waals surface area contributed by atoms with Crippen LogP contribution in [0.1, 0.15) is 17.5 Å². The quantitative estimate of drug-likeness (QED) is 0.678. The lowest BCUT2D eigenvalue weighted by molar-refractivity contribution is -0.702. The van der Waals surface area contributed by atoms with Crippen LogP contribution in [0.2, 0.25) is 0 Å². The topological polar surface area (TPSA) is 76.7 Å². The molecule has 1 aromatic heterocycles. The third-order valence-electron chi connectivity index (χ3n) is 3.43. The predicted octanol–water partition coefficient (Wildman–Crippen LogP) is 1.31. The van der Waals surface area contributed by atoms with E-state index in [9.17, 15) is 13.0 Å². The third kappa shape index (κ3) is 3.17. The van der Waals surface area contributed by atoms with Gasteiger partial charge in [-0.25, -0.2) is 0 Å². The van der Waals surface area contributed by atoms with Crippen LogP contribution < -0.4 is 4.57 Å². The first-order valence-corrected chi connectivity index (χ1v) is 8.27. The van der Waals surface area contributed by atoms with Crippen molar-refractivity contribution in [1.82, 2.24) is 0 Å². The second-order valence-corrected chi connectivity index (χ2v) is 6.30. The zero-order chi connectivity index (χ0) is 15.6. The summed E-state index contributed by atoms with van der Waals surface area (Å²) >= 11 is 0. The molecule has 0 unspecified atom stereocenters. The van der Waals surface area contributed by atoms with Crippen molar-refractivity contribution in [3.8, 4) is 0 Å². The normalized spacial score (nSPS) is 16.0. The molecule has 0 spiro atoms. The summed E-state index contributed by atoms with van der Waals surface area (Å²) in [6, 6.07) is 11.9. The number of pyridine rings is 1. The van der Waals surface area contributed by atoms with Gasteiger partial charge < -0.3 is 9.47 Å². The van der Waals surface area contributed by atoms with Crippen LogP contribution in [0.3, 0.4) is 0 Å². The van der Waals surface area contributed by atoms with Gasteiger partial charge in [0.1, 0.15) is 4.90 Å². The zero-order valence-corrected chi connectivity index (χ0v) is 12.6. The lowest BCUT2D eigenvalue weighted by atomic mass is 10.2. The van der Waals surface area contributed by atoms with Gasteiger partial charge in [-0.1, -0.05) is 18.2 Å². The molecular formula is C15H16NO5S+. The van der Waals surface area contributed by atoms with Gasteiger partial charge in [-0.2, -0.15) is 13.0 Å². The summed E-state index contributed by atoms with van der Waals surface area (Å²) in [5.74, 6) is 0. The largest absolute Gasteiger partial charge is 0.341 e. The fourth-order valence-electron chi connectivity index (χ4n) is 2.45. The Morgan fingerprint density at radius 3 is 2.50 bits per heavy atom. The average molecular weight is 322 g/mol. The van der Waals surface area contributed by atoms with Crippen LogP contribution in [0.5, 0.6) is 0 Å². The van der Waals surface area contributed by atoms with E-state index in [4.69, 9.17) is 9.47 Å². The Kier molecular flexibility index (Phi) is 4.21. The first-order valence-electron chi connectivity index (χ1n) is 6.83. The summed E-state index contributed by atoms with van der Waals surface area (Å²) in [5.41, 5.74) is 1.30. The summed E-state index contributed by atoms with van der Waals surface area (Å²) in [4.78, 5) is -0.0921. The van der Waals surface area contributed by atoms with Gasteiger partial charge in [0, 0.05) is 17.7 Å². The molecule has 7 heteroatoms. The Labute approximate surface area is 128 Å². The second-order valence-electron chi connectivity index (χ2n) is 4.91. The van der Waals surface area contributed by atoms with E-state index in [0.717, 1.165) is 5.69 Å². The highest BCUT2D eigenvalue weighted by Gasteiger charge is 2.28. The van der Waals surface area contributed by atoms with Crippen LogP contribution in [-0.4, -0.2) is 26.2 Å². The Morgan fingerprint density at radius 1 is 1.09 bits per heavy atom. The second kappa shape index (κ2) is 6.13. The highest BCUT2D eigenvalue weighted by molar-refractivity contribution is 7.85. The van der Waals surface area contributed by atoms with Crippen molar-refractivity contribution in [3.05, 3.63) is 59.9 Å². The number of rotatable bonds is 4. The van der Waals surface area contributed by atoms with E-state index in [-0.39, 0.29) is 11.4 Å². The van der Waals surface area contributed by atoms with Gasteiger partial charge in [-0.15, -0.1) is 0 Å². The Morgan fingerprint density at radius 2 is 1.77 bits per heavy atom. The first-order chi connectivity index (χ1) is 10.6. The molecule has 0 amide bonds. The summed E-state index contributed by atoms with van der Waals surface area (Å²) in [6.07, 6.45) is 1.36. The lowest BCUT2D eigenvalue weighted by Gasteiger charge is -2.10. The van der Waals surface area contributed by atoms with Crippen molar-refractivity contribution in [3.63, 3.8) is 0 Å². The molecule has 0 radical (unpaired) electrons. The van der Waals surface area contributed by atoms with Gasteiger partial charge >= 0.3 is 0 Å². The molecule has 0 bridgehead atoms. The first kappa shape index (κ1) is 15.1. The molecule has 1 fully saturated rings. The maximum absolute atomic E-state index is 11.5. The van der Waals surface area contributed by atoms with Crippen molar-refractivity contribution in [2.24, 2.45) is 0 Å². The lowest BCUT2D eigenvalue weighted by Crippen LogP contribution is -2.40. The molecule has 116 valence electrons. The number of benzene rings is 1. The van der Waals surface area contributed by atoms with Gasteiger partial charge in [-0.05, 0) is 12.1 Å². The minimum Gasteiger partial charge on any atom is -0.341 e. The van der Waals surface area contributed by atoms with Crippen LogP contribution in [0.15, 0.2) is 53.6 Å². The monoisotopic (exact) mass is 322 g/mol. The van der Waals surface area contributed by atoms with Crippen molar-refractivity contribution >= 4 is 10.1 Å². The van der Waals surface area contributed by atoms with Gasteiger partial charge in [0.2, 0.25) is 12.0 Å². The average Bonchev–Trinajstić information content (AvgIpc) is 3.01. The SMILES string of the molecule is O=S(=O)(O)c1ccccc1C[n+]1ccccc1C1OCCO1. The van der Waals surface area contributed by atoms with Crippen molar-refractivity contribution in [2.75, 3.05) is 13.2 Å². The molecule has 2 aromatic rings. The van der Waals surface area contributed by atoms with Crippen LogP contribution >= 0.6 is 0 Å². The molecule has 22 heavy (non-hydrogen) atoms. The van der Waals surface area contributed by atoms with Gasteiger partial charge in [0.05, 0.1) is 13.2 Å². The van der Waals surface area contributed by atoms with Crippen molar-refractivity contribution in [2.45, 2.75) is 17.7 Å². The number of hydrogen-bond acceptors (Lipinski definition) is 4. The molecule has 0 atom stereocenters. The molecule has 0 saturated carbocycles. The fraction of sp³-hybridized carbons (Fsp3) is 0.267. The predicted molar refractivity (Wildman–Crippen MR) is 76.6 cm³/mol. The van der Waals surface area contributed by atoms with Crippen LogP contribution in [0, 0.1) is 0 Å². The van der Waals surface area contributed by atoms with Gasteiger partial charge in [0.25, 0.3) is 10.1 Å². The van der Waals surface area contributed by atoms with Crippen molar-refractivity contribution in [1.29, 1.82) is 0 Å². The zero-order valence-electron chi connectivity index (χ0n) is 11.8. The molecule has 1 aliphatic heterocycles. The van der Waals surface area contributed by atoms with E-state index in [2.05, 4.69) is 0 Å². The third-order valence-corrected chi connectivity index (χ3v) is 4.38. The summed E-state index contributed by atoms with van der Waals surface area (Å²) in [5, 5.41) is 0. The summed E-state index contributed by atoms with van der Waals surface area (Å²) in [6.45, 7) is 1.34. The number of ether oxygens (including phenoxy) is 2. The summed E-state index contributed by atoms with van der Waals surface area (Å²) in [7, 11) is -4.26. The standard InChI is InChI=1S/C15H15NO5S/c17-22(18,19)14-7-2-1-5-12(14)11-16-8-4-3-6-13(16)15-20-9-10-21-15/h1-8,15H,9-11H2/p+1. The van der Waals surface area contributed by atoms with Crippen LogP contribution in [-0.2, 0) is 26.1 Å². The Bertz CT molecular complexity index is 769.